The summed E-state index contributed by atoms with van der Waals surface area (Å²) in [6.07, 6.45) is 2.39. The molecule has 1 heterocycles. The zero-order valence-corrected chi connectivity index (χ0v) is 12.3. The van der Waals surface area contributed by atoms with Crippen molar-refractivity contribution in [3.05, 3.63) is 39.8 Å². The summed E-state index contributed by atoms with van der Waals surface area (Å²) in [7, 11) is 1.59. The number of amides is 1. The molecule has 20 heavy (non-hydrogen) atoms. The Hall–Kier alpha value is -1.88. The van der Waals surface area contributed by atoms with Crippen molar-refractivity contribution in [2.45, 2.75) is 25.7 Å². The van der Waals surface area contributed by atoms with Crippen LogP contribution in [0.15, 0.2) is 24.3 Å². The number of carbonyl (C=O) groups excluding carboxylic acids is 1. The number of carbonyl (C=O) groups is 1. The molecule has 2 aromatic rings. The number of aromatic nitrogens is 1. The van der Waals surface area contributed by atoms with Gasteiger partial charge in [0.25, 0.3) is 5.91 Å². The van der Waals surface area contributed by atoms with E-state index < -0.39 is 0 Å². The van der Waals surface area contributed by atoms with Gasteiger partial charge >= 0.3 is 0 Å². The lowest BCUT2D eigenvalue weighted by Crippen LogP contribution is -2.12. The van der Waals surface area contributed by atoms with Gasteiger partial charge in [-0.3, -0.25) is 4.79 Å². The molecule has 3 rings (SSSR count). The fourth-order valence-corrected chi connectivity index (χ4v) is 3.19. The normalized spacial score (nSPS) is 14.1. The van der Waals surface area contributed by atoms with Crippen molar-refractivity contribution in [2.75, 3.05) is 12.4 Å². The van der Waals surface area contributed by atoms with Gasteiger partial charge in [-0.2, -0.15) is 0 Å². The second-order valence-corrected chi connectivity index (χ2v) is 5.93. The van der Waals surface area contributed by atoms with Crippen LogP contribution < -0.4 is 10.1 Å². The quantitative estimate of drug-likeness (QED) is 0.935. The molecule has 1 aliphatic carbocycles. The summed E-state index contributed by atoms with van der Waals surface area (Å²) in [6.45, 7) is 1.89. The van der Waals surface area contributed by atoms with Crippen LogP contribution in [0, 0.1) is 6.92 Å². The van der Waals surface area contributed by atoms with Crippen molar-refractivity contribution in [3.63, 3.8) is 0 Å². The van der Waals surface area contributed by atoms with Crippen LogP contribution in [0.4, 0.5) is 5.69 Å². The highest BCUT2D eigenvalue weighted by Crippen LogP contribution is 2.42. The maximum absolute atomic E-state index is 12.4. The van der Waals surface area contributed by atoms with Crippen molar-refractivity contribution >= 4 is 22.9 Å². The fraction of sp³-hybridized carbons (Fsp3) is 0.333. The smallest absolute Gasteiger partial charge is 0.267 e. The average molecular weight is 288 g/mol. The molecule has 0 spiro atoms. The third kappa shape index (κ3) is 2.54. The standard InChI is InChI=1S/C15H16N2O2S/c1-9-13(20-15(16-9)10-7-8-10)14(18)17-11-5-3-4-6-12(11)19-2/h3-6,10H,7-8H2,1-2H3,(H,17,18). The number of methoxy groups -OCH3 is 1. The van der Waals surface area contributed by atoms with Crippen molar-refractivity contribution < 1.29 is 9.53 Å². The summed E-state index contributed by atoms with van der Waals surface area (Å²) < 4.78 is 5.24. The minimum Gasteiger partial charge on any atom is -0.495 e. The Morgan fingerprint density at radius 1 is 1.40 bits per heavy atom. The number of hydrogen-bond donors (Lipinski definition) is 1. The first-order valence-electron chi connectivity index (χ1n) is 6.60. The second kappa shape index (κ2) is 5.25. The lowest BCUT2D eigenvalue weighted by atomic mass is 10.3. The SMILES string of the molecule is COc1ccccc1NC(=O)c1sc(C2CC2)nc1C. The molecule has 0 bridgehead atoms. The molecule has 1 fully saturated rings. The van der Waals surface area contributed by atoms with E-state index in [1.807, 2.05) is 31.2 Å². The van der Waals surface area contributed by atoms with Crippen LogP contribution in [0.25, 0.3) is 0 Å². The molecule has 1 N–H and O–H groups in total. The lowest BCUT2D eigenvalue weighted by Gasteiger charge is -2.08. The second-order valence-electron chi connectivity index (χ2n) is 4.90. The summed E-state index contributed by atoms with van der Waals surface area (Å²) in [6, 6.07) is 7.39. The zero-order chi connectivity index (χ0) is 14.1. The third-order valence-electron chi connectivity index (χ3n) is 3.30. The molecule has 104 valence electrons. The van der Waals surface area contributed by atoms with Crippen LogP contribution in [0.2, 0.25) is 0 Å². The highest BCUT2D eigenvalue weighted by atomic mass is 32.1. The Labute approximate surface area is 121 Å². The van der Waals surface area contributed by atoms with Gasteiger partial charge in [-0.05, 0) is 31.9 Å². The minimum absolute atomic E-state index is 0.114. The summed E-state index contributed by atoms with van der Waals surface area (Å²) >= 11 is 1.51. The molecular formula is C15H16N2O2S. The molecule has 1 saturated carbocycles. The van der Waals surface area contributed by atoms with Crippen LogP contribution in [0.5, 0.6) is 5.75 Å². The molecule has 1 aromatic heterocycles. The zero-order valence-electron chi connectivity index (χ0n) is 11.5. The molecule has 0 aliphatic heterocycles. The molecule has 4 nitrogen and oxygen atoms in total. The number of hydrogen-bond acceptors (Lipinski definition) is 4. The van der Waals surface area contributed by atoms with Gasteiger partial charge in [-0.1, -0.05) is 12.1 Å². The summed E-state index contributed by atoms with van der Waals surface area (Å²) in [5.41, 5.74) is 1.49. The number of nitrogens with zero attached hydrogens (tertiary/aromatic N) is 1. The minimum atomic E-state index is -0.114. The van der Waals surface area contributed by atoms with Crippen molar-refractivity contribution in [3.8, 4) is 5.75 Å². The van der Waals surface area contributed by atoms with E-state index in [-0.39, 0.29) is 5.91 Å². The van der Waals surface area contributed by atoms with Crippen molar-refractivity contribution in [1.29, 1.82) is 0 Å². The summed E-state index contributed by atoms with van der Waals surface area (Å²) in [5, 5.41) is 3.99. The molecule has 0 unspecified atom stereocenters. The maximum Gasteiger partial charge on any atom is 0.267 e. The average Bonchev–Trinajstić information content (AvgIpc) is 3.22. The van der Waals surface area contributed by atoms with Crippen LogP contribution in [-0.2, 0) is 0 Å². The van der Waals surface area contributed by atoms with Crippen LogP contribution >= 0.6 is 11.3 Å². The van der Waals surface area contributed by atoms with E-state index in [0.717, 1.165) is 10.7 Å². The number of ether oxygens (including phenoxy) is 1. The van der Waals surface area contributed by atoms with Gasteiger partial charge < -0.3 is 10.1 Å². The van der Waals surface area contributed by atoms with Crippen LogP contribution in [-0.4, -0.2) is 18.0 Å². The monoisotopic (exact) mass is 288 g/mol. The molecular weight excluding hydrogens is 272 g/mol. The molecule has 0 radical (unpaired) electrons. The van der Waals surface area contributed by atoms with Crippen LogP contribution in [0.3, 0.4) is 0 Å². The van der Waals surface area contributed by atoms with Crippen molar-refractivity contribution in [1.82, 2.24) is 4.98 Å². The fourth-order valence-electron chi connectivity index (χ4n) is 2.06. The van der Waals surface area contributed by atoms with Gasteiger partial charge in [0.2, 0.25) is 0 Å². The number of aryl methyl sites for hydroxylation is 1. The highest BCUT2D eigenvalue weighted by Gasteiger charge is 2.29. The molecule has 1 amide bonds. The van der Waals surface area contributed by atoms with E-state index in [4.69, 9.17) is 4.74 Å². The lowest BCUT2D eigenvalue weighted by molar-refractivity contribution is 0.102. The van der Waals surface area contributed by atoms with Gasteiger partial charge in [0.15, 0.2) is 0 Å². The summed E-state index contributed by atoms with van der Waals surface area (Å²) in [4.78, 5) is 17.6. The number of rotatable bonds is 4. The van der Waals surface area contributed by atoms with Gasteiger partial charge in [0, 0.05) is 5.92 Å². The first-order chi connectivity index (χ1) is 9.69. The highest BCUT2D eigenvalue weighted by molar-refractivity contribution is 7.14. The number of nitrogens with one attached hydrogen (secondary N) is 1. The topological polar surface area (TPSA) is 51.2 Å². The maximum atomic E-state index is 12.4. The number of para-hydroxylation sites is 2. The van der Waals surface area contributed by atoms with E-state index in [2.05, 4.69) is 10.3 Å². The van der Waals surface area contributed by atoms with E-state index in [1.165, 1.54) is 24.2 Å². The molecule has 1 aromatic carbocycles. The van der Waals surface area contributed by atoms with Crippen molar-refractivity contribution in [2.24, 2.45) is 0 Å². The molecule has 0 atom stereocenters. The van der Waals surface area contributed by atoms with E-state index >= 15 is 0 Å². The van der Waals surface area contributed by atoms with Gasteiger partial charge in [-0.15, -0.1) is 11.3 Å². The van der Waals surface area contributed by atoms with Crippen LogP contribution in [0.1, 0.15) is 39.1 Å². The van der Waals surface area contributed by atoms with Gasteiger partial charge in [0.1, 0.15) is 10.6 Å². The predicted octanol–water partition coefficient (Wildman–Crippen LogP) is 3.59. The third-order valence-corrected chi connectivity index (χ3v) is 4.62. The summed E-state index contributed by atoms with van der Waals surface area (Å²) in [5.74, 6) is 1.12. The molecule has 0 saturated heterocycles. The first-order valence-corrected chi connectivity index (χ1v) is 7.42. The van der Waals surface area contributed by atoms with Gasteiger partial charge in [-0.25, -0.2) is 4.98 Å². The molecule has 5 heteroatoms. The largest absolute Gasteiger partial charge is 0.495 e. The van der Waals surface area contributed by atoms with Gasteiger partial charge in [0.05, 0.1) is 23.5 Å². The Morgan fingerprint density at radius 2 is 2.15 bits per heavy atom. The Morgan fingerprint density at radius 3 is 2.85 bits per heavy atom. The Kier molecular flexibility index (Phi) is 3.44. The van der Waals surface area contributed by atoms with E-state index in [1.54, 1.807) is 7.11 Å². The first kappa shape index (κ1) is 13.1. The Bertz CT molecular complexity index is 647. The van der Waals surface area contributed by atoms with E-state index in [9.17, 15) is 4.79 Å². The molecule has 1 aliphatic rings. The number of benzene rings is 1. The number of thiazole rings is 1. The van der Waals surface area contributed by atoms with E-state index in [0.29, 0.717) is 22.2 Å². The predicted molar refractivity (Wildman–Crippen MR) is 79.8 cm³/mol. The Balaban J connectivity index is 1.82. The number of anilines is 1.